The first-order valence-electron chi connectivity index (χ1n) is 15.9. The van der Waals surface area contributed by atoms with Gasteiger partial charge < -0.3 is 15.7 Å². The Labute approximate surface area is 277 Å². The number of carboxylic acid groups (broad SMARTS) is 1. The van der Waals surface area contributed by atoms with E-state index in [-0.39, 0.29) is 5.91 Å². The minimum atomic E-state index is -4.27. The van der Waals surface area contributed by atoms with E-state index in [4.69, 9.17) is 5.11 Å². The van der Waals surface area contributed by atoms with Crippen LogP contribution >= 0.6 is 12.6 Å². The predicted molar refractivity (Wildman–Crippen MR) is 183 cm³/mol. The Balaban J connectivity index is 0.000000452. The highest BCUT2D eigenvalue weighted by atomic mass is 32.1. The van der Waals surface area contributed by atoms with Crippen LogP contribution in [-0.4, -0.2) is 39.7 Å². The third kappa shape index (κ3) is 13.4. The van der Waals surface area contributed by atoms with Crippen LogP contribution < -0.4 is 10.6 Å². The van der Waals surface area contributed by atoms with Crippen LogP contribution in [0.1, 0.15) is 96.3 Å². The molecule has 2 unspecified atom stereocenters. The number of nitrogens with one attached hydrogen (secondary N) is 2. The van der Waals surface area contributed by atoms with Gasteiger partial charge in [0.1, 0.15) is 11.6 Å². The summed E-state index contributed by atoms with van der Waals surface area (Å²) in [6, 6.07) is 13.9. The lowest BCUT2D eigenvalue weighted by Crippen LogP contribution is -2.60. The number of carbonyl (C=O) groups is 3. The second-order valence-corrected chi connectivity index (χ2v) is 11.5. The predicted octanol–water partition coefficient (Wildman–Crippen LogP) is 8.43. The van der Waals surface area contributed by atoms with Crippen LogP contribution in [0.3, 0.4) is 0 Å². The maximum atomic E-state index is 12.6. The second kappa shape index (κ2) is 20.6. The minimum absolute atomic E-state index is 0.313. The molecule has 0 saturated heterocycles. The van der Waals surface area contributed by atoms with Crippen molar-refractivity contribution in [2.45, 2.75) is 109 Å². The summed E-state index contributed by atoms with van der Waals surface area (Å²) in [7, 11) is 0. The number of rotatable bonds is 12. The summed E-state index contributed by atoms with van der Waals surface area (Å²) >= 11 is 4.38. The summed E-state index contributed by atoms with van der Waals surface area (Å²) in [5.41, 5.74) is 1.14. The molecule has 0 aliphatic heterocycles. The Kier molecular flexibility index (Phi) is 18.1. The highest BCUT2D eigenvalue weighted by Gasteiger charge is 2.44. The van der Waals surface area contributed by atoms with Gasteiger partial charge in [0.25, 0.3) is 0 Å². The molecule has 0 heterocycles. The molecule has 3 rings (SSSR count). The summed E-state index contributed by atoms with van der Waals surface area (Å²) in [6.45, 7) is 9.50. The summed E-state index contributed by atoms with van der Waals surface area (Å²) in [6.07, 6.45) is 7.76. The fraction of sp³-hybridized carbons (Fsp3) is 0.472. The van der Waals surface area contributed by atoms with E-state index >= 15 is 0 Å². The molecule has 2 aromatic carbocycles. The molecule has 0 radical (unpaired) electrons. The Morgan fingerprint density at radius 1 is 1.00 bits per heavy atom. The van der Waals surface area contributed by atoms with Crippen LogP contribution in [0.25, 0.3) is 5.57 Å². The van der Waals surface area contributed by atoms with E-state index in [1.807, 2.05) is 63.3 Å². The molecule has 0 bridgehead atoms. The fourth-order valence-corrected chi connectivity index (χ4v) is 5.04. The molecule has 1 saturated carbocycles. The lowest BCUT2D eigenvalue weighted by Gasteiger charge is -2.31. The number of allylic oxidation sites excluding steroid dienone is 4. The van der Waals surface area contributed by atoms with Gasteiger partial charge in [-0.05, 0) is 67.9 Å². The first-order valence-corrected chi connectivity index (χ1v) is 16.5. The third-order valence-electron chi connectivity index (χ3n) is 7.27. The second-order valence-electron chi connectivity index (χ2n) is 10.9. The largest absolute Gasteiger partial charge is 0.480 e. The number of amides is 2. The zero-order chi connectivity index (χ0) is 34.8. The van der Waals surface area contributed by atoms with Crippen molar-refractivity contribution < 1.29 is 32.7 Å². The molecule has 3 N–H and O–H groups in total. The number of carbonyl (C=O) groups excluding carboxylic acids is 2. The molecular weight excluding hydrogens is 613 g/mol. The number of thiol groups is 1. The van der Waals surface area contributed by atoms with Gasteiger partial charge in [0.2, 0.25) is 11.8 Å². The number of hydrogen-bond acceptors (Lipinski definition) is 4. The smallest absolute Gasteiger partial charge is 0.416 e. The average Bonchev–Trinajstić information content (AvgIpc) is 3.52. The van der Waals surface area contributed by atoms with Crippen LogP contribution in [0.4, 0.5) is 13.2 Å². The van der Waals surface area contributed by atoms with Crippen molar-refractivity contribution in [2.24, 2.45) is 0 Å². The van der Waals surface area contributed by atoms with Crippen molar-refractivity contribution in [1.29, 1.82) is 0 Å². The SMILES string of the molecule is CC.CC(NC(=O)C1(NC(=O)C(S)Cc2ccccc2)CCCC1)C(=O)O.CC/C=C(\C=C/CCC)c1ccc(C(F)(F)F)cc1. The van der Waals surface area contributed by atoms with Gasteiger partial charge in [-0.3, -0.25) is 14.4 Å². The lowest BCUT2D eigenvalue weighted by atomic mass is 9.95. The van der Waals surface area contributed by atoms with Crippen LogP contribution in [0.15, 0.2) is 72.8 Å². The number of halogens is 3. The Morgan fingerprint density at radius 3 is 2.09 bits per heavy atom. The zero-order valence-electron chi connectivity index (χ0n) is 27.5. The maximum absolute atomic E-state index is 12.6. The van der Waals surface area contributed by atoms with Gasteiger partial charge in [-0.25, -0.2) is 0 Å². The van der Waals surface area contributed by atoms with Gasteiger partial charge >= 0.3 is 12.1 Å². The Morgan fingerprint density at radius 2 is 1.59 bits per heavy atom. The fourth-order valence-electron chi connectivity index (χ4n) is 4.76. The molecule has 2 aromatic rings. The van der Waals surface area contributed by atoms with E-state index in [2.05, 4.69) is 36.3 Å². The molecule has 1 aliphatic rings. The average molecular weight is 663 g/mol. The van der Waals surface area contributed by atoms with E-state index in [0.717, 1.165) is 60.9 Å². The normalized spacial score (nSPS) is 15.5. The van der Waals surface area contributed by atoms with E-state index in [9.17, 15) is 27.6 Å². The van der Waals surface area contributed by atoms with E-state index in [0.29, 0.717) is 19.3 Å². The quantitative estimate of drug-likeness (QED) is 0.136. The zero-order valence-corrected chi connectivity index (χ0v) is 28.4. The number of benzene rings is 2. The maximum Gasteiger partial charge on any atom is 0.416 e. The summed E-state index contributed by atoms with van der Waals surface area (Å²) in [5, 5.41) is 13.7. The van der Waals surface area contributed by atoms with Crippen molar-refractivity contribution in [3.63, 3.8) is 0 Å². The van der Waals surface area contributed by atoms with Crippen molar-refractivity contribution in [3.8, 4) is 0 Å². The monoisotopic (exact) mass is 662 g/mol. The molecule has 1 fully saturated rings. The van der Waals surface area contributed by atoms with Gasteiger partial charge in [-0.1, -0.05) is 108 Å². The molecule has 10 heteroatoms. The minimum Gasteiger partial charge on any atom is -0.480 e. The van der Waals surface area contributed by atoms with Crippen LogP contribution in [0, 0.1) is 0 Å². The van der Waals surface area contributed by atoms with Gasteiger partial charge in [-0.2, -0.15) is 25.8 Å². The molecule has 254 valence electrons. The summed E-state index contributed by atoms with van der Waals surface area (Å²) in [4.78, 5) is 36.1. The number of aliphatic carboxylic acids is 1. The topological polar surface area (TPSA) is 95.5 Å². The molecule has 2 amide bonds. The van der Waals surface area contributed by atoms with Gasteiger partial charge in [0, 0.05) is 0 Å². The highest BCUT2D eigenvalue weighted by molar-refractivity contribution is 7.81. The van der Waals surface area contributed by atoms with E-state index < -0.39 is 40.4 Å². The molecular formula is C36H49F3N2O4S. The van der Waals surface area contributed by atoms with Crippen molar-refractivity contribution in [1.82, 2.24) is 10.6 Å². The third-order valence-corrected chi connectivity index (χ3v) is 7.69. The number of alkyl halides is 3. The van der Waals surface area contributed by atoms with E-state index in [1.165, 1.54) is 19.1 Å². The molecule has 46 heavy (non-hydrogen) atoms. The molecule has 6 nitrogen and oxygen atoms in total. The van der Waals surface area contributed by atoms with Crippen LogP contribution in [0.5, 0.6) is 0 Å². The molecule has 0 spiro atoms. The van der Waals surface area contributed by atoms with Crippen LogP contribution in [0.2, 0.25) is 0 Å². The van der Waals surface area contributed by atoms with Gasteiger partial charge in [0.05, 0.1) is 10.8 Å². The number of carboxylic acids is 1. The summed E-state index contributed by atoms with van der Waals surface area (Å²) in [5.74, 6) is -1.86. The number of hydrogen-bond donors (Lipinski definition) is 4. The highest BCUT2D eigenvalue weighted by Crippen LogP contribution is 2.31. The molecule has 0 aromatic heterocycles. The first-order chi connectivity index (χ1) is 21.8. The van der Waals surface area contributed by atoms with Gasteiger partial charge in [0.15, 0.2) is 0 Å². The summed E-state index contributed by atoms with van der Waals surface area (Å²) < 4.78 is 37.5. The van der Waals surface area contributed by atoms with Crippen molar-refractivity contribution >= 4 is 36.0 Å². The van der Waals surface area contributed by atoms with Crippen molar-refractivity contribution in [2.75, 3.05) is 0 Å². The Bertz CT molecular complexity index is 1270. The number of unbranched alkanes of at least 4 members (excludes halogenated alkanes) is 1. The first kappa shape index (κ1) is 40.5. The molecule has 2 atom stereocenters. The van der Waals surface area contributed by atoms with E-state index in [1.54, 1.807) is 0 Å². The Hall–Kier alpha value is -3.53. The van der Waals surface area contributed by atoms with Crippen LogP contribution in [-0.2, 0) is 27.0 Å². The molecule has 1 aliphatic carbocycles. The standard InChI is InChI=1S/C18H24N2O4S.C16H19F3.C2H6/c1-12(16(22)23)19-17(24)18(9-5-6-10-18)20-15(21)14(25)11-13-7-3-2-4-8-13;1-3-5-6-8-13(7-4-2)14-9-11-15(12-10-14)16(17,18)19;1-2/h2-4,7-8,12,14,25H,5-6,9-11H2,1H3,(H,19,24)(H,20,21)(H,22,23);6-12H,3-5H2,1-2H3;1-2H3/b;8-6-,13-7+;. The van der Waals surface area contributed by atoms with Gasteiger partial charge in [-0.15, -0.1) is 0 Å². The van der Waals surface area contributed by atoms with Crippen molar-refractivity contribution in [3.05, 3.63) is 89.5 Å². The lowest BCUT2D eigenvalue weighted by molar-refractivity contribution is -0.142.